The van der Waals surface area contributed by atoms with Crippen molar-refractivity contribution in [3.05, 3.63) is 0 Å². The number of nitrogens with two attached hydrogens (primary N) is 1. The van der Waals surface area contributed by atoms with E-state index in [2.05, 4.69) is 11.4 Å². The summed E-state index contributed by atoms with van der Waals surface area (Å²) < 4.78 is 0. The first-order chi connectivity index (χ1) is 10.0. The highest BCUT2D eigenvalue weighted by molar-refractivity contribution is 5.87. The number of rotatable bonds is 4. The van der Waals surface area contributed by atoms with E-state index in [1.54, 1.807) is 4.90 Å². The minimum Gasteiger partial charge on any atom is -0.368 e. The smallest absolute Gasteiger partial charge is 0.237 e. The quantitative estimate of drug-likeness (QED) is 0.776. The van der Waals surface area contributed by atoms with E-state index < -0.39 is 5.54 Å². The fourth-order valence-electron chi connectivity index (χ4n) is 4.19. The number of likely N-dealkylation sites (tertiary alicyclic amines) is 1. The fourth-order valence-corrected chi connectivity index (χ4v) is 4.19. The van der Waals surface area contributed by atoms with E-state index in [-0.39, 0.29) is 24.4 Å². The summed E-state index contributed by atoms with van der Waals surface area (Å²) in [6.07, 6.45) is 6.68. The third-order valence-corrected chi connectivity index (χ3v) is 5.54. The molecule has 1 saturated heterocycles. The lowest BCUT2D eigenvalue weighted by Gasteiger charge is -2.59. The summed E-state index contributed by atoms with van der Waals surface area (Å²) in [6.45, 7) is 0.726. The number of hydrogen-bond acceptors (Lipinski definition) is 4. The summed E-state index contributed by atoms with van der Waals surface area (Å²) in [6, 6.07) is 1.84. The van der Waals surface area contributed by atoms with Crippen molar-refractivity contribution in [3.8, 4) is 6.07 Å². The van der Waals surface area contributed by atoms with Gasteiger partial charge in [0.1, 0.15) is 6.04 Å². The standard InChI is InChI=1S/C15H22N4O2/c16-7-11-3-1-6-19(11)12(20)8-18-15(13(17)21)9-14(10-15)4-2-5-14/h11,18H,1-6,8-10H2,(H2,17,21). The van der Waals surface area contributed by atoms with Gasteiger partial charge in [0.15, 0.2) is 0 Å². The maximum Gasteiger partial charge on any atom is 0.237 e. The molecule has 2 saturated carbocycles. The lowest BCUT2D eigenvalue weighted by atomic mass is 9.48. The topological polar surface area (TPSA) is 99.2 Å². The molecule has 3 aliphatic rings. The summed E-state index contributed by atoms with van der Waals surface area (Å²) in [7, 11) is 0. The molecule has 1 unspecified atom stereocenters. The molecule has 6 nitrogen and oxygen atoms in total. The highest BCUT2D eigenvalue weighted by Crippen LogP contribution is 2.60. The van der Waals surface area contributed by atoms with E-state index in [0.717, 1.165) is 25.7 Å². The second-order valence-corrected chi connectivity index (χ2v) is 6.88. The number of nitrogens with zero attached hydrogens (tertiary/aromatic N) is 2. The number of primary amides is 1. The van der Waals surface area contributed by atoms with Crippen molar-refractivity contribution in [3.63, 3.8) is 0 Å². The van der Waals surface area contributed by atoms with Gasteiger partial charge in [-0.2, -0.15) is 5.26 Å². The minimum atomic E-state index is -0.710. The molecule has 0 aromatic heterocycles. The number of nitrogens with one attached hydrogen (secondary N) is 1. The van der Waals surface area contributed by atoms with E-state index in [0.29, 0.717) is 12.0 Å². The van der Waals surface area contributed by atoms with Crippen LogP contribution < -0.4 is 11.1 Å². The maximum absolute atomic E-state index is 12.2. The molecule has 2 aliphatic carbocycles. The van der Waals surface area contributed by atoms with E-state index >= 15 is 0 Å². The molecule has 3 fully saturated rings. The van der Waals surface area contributed by atoms with Gasteiger partial charge in [-0.3, -0.25) is 14.9 Å². The van der Waals surface area contributed by atoms with Gasteiger partial charge in [-0.15, -0.1) is 0 Å². The number of amides is 2. The maximum atomic E-state index is 12.2. The molecule has 1 heterocycles. The SMILES string of the molecule is N#CC1CCCN1C(=O)CNC1(C(N)=O)CC2(CCC2)C1. The van der Waals surface area contributed by atoms with E-state index in [9.17, 15) is 9.59 Å². The molecule has 21 heavy (non-hydrogen) atoms. The van der Waals surface area contributed by atoms with Crippen LogP contribution >= 0.6 is 0 Å². The van der Waals surface area contributed by atoms with E-state index in [1.165, 1.54) is 19.3 Å². The van der Waals surface area contributed by atoms with Crippen LogP contribution in [-0.4, -0.2) is 41.4 Å². The molecule has 1 aliphatic heterocycles. The van der Waals surface area contributed by atoms with Crippen molar-refractivity contribution in [2.24, 2.45) is 11.1 Å². The van der Waals surface area contributed by atoms with Crippen molar-refractivity contribution in [2.45, 2.75) is 56.5 Å². The highest BCUT2D eigenvalue weighted by Gasteiger charge is 2.60. The molecule has 0 aromatic rings. The van der Waals surface area contributed by atoms with Gasteiger partial charge in [0.05, 0.1) is 18.2 Å². The molecule has 3 N–H and O–H groups in total. The predicted molar refractivity (Wildman–Crippen MR) is 75.8 cm³/mol. The number of carbonyl (C=O) groups excluding carboxylic acids is 2. The molecular weight excluding hydrogens is 268 g/mol. The summed E-state index contributed by atoms with van der Waals surface area (Å²) >= 11 is 0. The average molecular weight is 290 g/mol. The van der Waals surface area contributed by atoms with Crippen molar-refractivity contribution >= 4 is 11.8 Å². The van der Waals surface area contributed by atoms with Crippen molar-refractivity contribution in [1.29, 1.82) is 5.26 Å². The number of nitriles is 1. The molecule has 2 amide bonds. The first kappa shape index (κ1) is 14.3. The molecule has 0 radical (unpaired) electrons. The second-order valence-electron chi connectivity index (χ2n) is 6.88. The third-order valence-electron chi connectivity index (χ3n) is 5.54. The first-order valence-corrected chi connectivity index (χ1v) is 7.74. The number of carbonyl (C=O) groups is 2. The zero-order valence-corrected chi connectivity index (χ0v) is 12.2. The van der Waals surface area contributed by atoms with Gasteiger partial charge in [0.2, 0.25) is 11.8 Å². The second kappa shape index (κ2) is 4.99. The van der Waals surface area contributed by atoms with Crippen LogP contribution in [0.5, 0.6) is 0 Å². The number of hydrogen-bond donors (Lipinski definition) is 2. The summed E-state index contributed by atoms with van der Waals surface area (Å²) in [5.41, 5.74) is 5.14. The van der Waals surface area contributed by atoms with Crippen LogP contribution in [0.2, 0.25) is 0 Å². The van der Waals surface area contributed by atoms with Crippen LogP contribution in [-0.2, 0) is 9.59 Å². The molecule has 0 aromatic carbocycles. The Morgan fingerprint density at radius 3 is 2.57 bits per heavy atom. The Hall–Kier alpha value is -1.61. The Balaban J connectivity index is 1.57. The zero-order valence-electron chi connectivity index (χ0n) is 12.2. The van der Waals surface area contributed by atoms with Crippen LogP contribution in [0.25, 0.3) is 0 Å². The predicted octanol–water partition coefficient (Wildman–Crippen LogP) is 0.279. The molecule has 6 heteroatoms. The summed E-state index contributed by atoms with van der Waals surface area (Å²) in [5, 5.41) is 12.1. The van der Waals surface area contributed by atoms with Gasteiger partial charge >= 0.3 is 0 Å². The Bertz CT molecular complexity index is 498. The fraction of sp³-hybridized carbons (Fsp3) is 0.800. The molecule has 114 valence electrons. The normalized spacial score (nSPS) is 28.5. The van der Waals surface area contributed by atoms with Crippen molar-refractivity contribution in [1.82, 2.24) is 10.2 Å². The molecular formula is C15H22N4O2. The van der Waals surface area contributed by atoms with Gasteiger partial charge in [0, 0.05) is 6.54 Å². The largest absolute Gasteiger partial charge is 0.368 e. The third kappa shape index (κ3) is 2.30. The Morgan fingerprint density at radius 2 is 2.05 bits per heavy atom. The Morgan fingerprint density at radius 1 is 1.33 bits per heavy atom. The highest BCUT2D eigenvalue weighted by atomic mass is 16.2. The van der Waals surface area contributed by atoms with Gasteiger partial charge in [-0.05, 0) is 43.9 Å². The lowest BCUT2D eigenvalue weighted by Crippen LogP contribution is -2.69. The Labute approximate surface area is 124 Å². The van der Waals surface area contributed by atoms with Gasteiger partial charge in [-0.1, -0.05) is 6.42 Å². The minimum absolute atomic E-state index is 0.0944. The lowest BCUT2D eigenvalue weighted by molar-refractivity contribution is -0.143. The Kier molecular flexibility index (Phi) is 3.40. The first-order valence-electron chi connectivity index (χ1n) is 7.74. The van der Waals surface area contributed by atoms with Crippen molar-refractivity contribution < 1.29 is 9.59 Å². The molecule has 3 rings (SSSR count). The molecule has 1 spiro atoms. The summed E-state index contributed by atoms with van der Waals surface area (Å²) in [5.74, 6) is -0.458. The molecule has 1 atom stereocenters. The van der Waals surface area contributed by atoms with Crippen LogP contribution in [0.1, 0.15) is 44.9 Å². The van der Waals surface area contributed by atoms with Crippen LogP contribution in [0.15, 0.2) is 0 Å². The van der Waals surface area contributed by atoms with Crippen LogP contribution in [0, 0.1) is 16.7 Å². The van der Waals surface area contributed by atoms with Crippen LogP contribution in [0.3, 0.4) is 0 Å². The van der Waals surface area contributed by atoms with Gasteiger partial charge in [-0.25, -0.2) is 0 Å². The van der Waals surface area contributed by atoms with Gasteiger partial charge < -0.3 is 10.6 Å². The van der Waals surface area contributed by atoms with E-state index in [1.807, 2.05) is 0 Å². The summed E-state index contributed by atoms with van der Waals surface area (Å²) in [4.78, 5) is 25.6. The van der Waals surface area contributed by atoms with Crippen LogP contribution in [0.4, 0.5) is 0 Å². The van der Waals surface area contributed by atoms with Gasteiger partial charge in [0.25, 0.3) is 0 Å². The monoisotopic (exact) mass is 290 g/mol. The average Bonchev–Trinajstić information content (AvgIpc) is 2.83. The van der Waals surface area contributed by atoms with E-state index in [4.69, 9.17) is 11.0 Å². The molecule has 0 bridgehead atoms. The zero-order chi connectivity index (χ0) is 15.1. The van der Waals surface area contributed by atoms with Crippen molar-refractivity contribution in [2.75, 3.05) is 13.1 Å².